The van der Waals surface area contributed by atoms with E-state index in [0.29, 0.717) is 11.8 Å². The molecule has 3 N–H and O–H groups in total. The highest BCUT2D eigenvalue weighted by molar-refractivity contribution is 7.98. The van der Waals surface area contributed by atoms with E-state index >= 15 is 0 Å². The molecule has 7 heteroatoms. The average molecular weight is 372 g/mol. The number of nitrogens with one attached hydrogen (secondary N) is 1. The van der Waals surface area contributed by atoms with E-state index in [1.807, 2.05) is 48.5 Å². The van der Waals surface area contributed by atoms with Crippen molar-refractivity contribution in [2.75, 3.05) is 11.1 Å². The minimum absolute atomic E-state index is 0.0700. The second kappa shape index (κ2) is 8.18. The smallest absolute Gasteiger partial charge is 0.232 e. The number of hydrogen-bond acceptors (Lipinski definition) is 6. The highest BCUT2D eigenvalue weighted by atomic mass is 35.5. The van der Waals surface area contributed by atoms with Gasteiger partial charge in [-0.1, -0.05) is 41.9 Å². The molecule has 0 aliphatic heterocycles. The summed E-state index contributed by atoms with van der Waals surface area (Å²) in [6.45, 7) is 2.05. The Kier molecular flexibility index (Phi) is 5.73. The van der Waals surface area contributed by atoms with Crippen LogP contribution in [0.2, 0.25) is 5.02 Å². The van der Waals surface area contributed by atoms with Gasteiger partial charge in [-0.15, -0.1) is 11.8 Å². The minimum Gasteiger partial charge on any atom is -0.368 e. The third-order valence-electron chi connectivity index (χ3n) is 3.45. The summed E-state index contributed by atoms with van der Waals surface area (Å²) >= 11 is 7.75. The monoisotopic (exact) mass is 371 g/mol. The Balaban J connectivity index is 1.70. The van der Waals surface area contributed by atoms with Gasteiger partial charge in [-0.3, -0.25) is 0 Å². The van der Waals surface area contributed by atoms with Gasteiger partial charge in [-0.05, 0) is 36.8 Å². The van der Waals surface area contributed by atoms with Crippen molar-refractivity contribution < 1.29 is 0 Å². The molecular formula is C18H18ClN5S. The van der Waals surface area contributed by atoms with E-state index in [-0.39, 0.29) is 11.2 Å². The van der Waals surface area contributed by atoms with Crippen LogP contribution in [0.4, 0.5) is 17.6 Å². The van der Waals surface area contributed by atoms with E-state index in [2.05, 4.69) is 33.3 Å². The molecule has 0 amide bonds. The van der Waals surface area contributed by atoms with Gasteiger partial charge in [0.1, 0.15) is 5.82 Å². The van der Waals surface area contributed by atoms with Crippen molar-refractivity contribution >= 4 is 40.9 Å². The number of nitrogen functional groups attached to an aromatic ring is 1. The topological polar surface area (TPSA) is 76.7 Å². The van der Waals surface area contributed by atoms with Crippen LogP contribution in [0.5, 0.6) is 0 Å². The van der Waals surface area contributed by atoms with Gasteiger partial charge in [0, 0.05) is 16.5 Å². The van der Waals surface area contributed by atoms with Crippen molar-refractivity contribution in [3.63, 3.8) is 0 Å². The van der Waals surface area contributed by atoms with Crippen molar-refractivity contribution in [2.45, 2.75) is 17.9 Å². The highest BCUT2D eigenvalue weighted by Crippen LogP contribution is 2.30. The molecule has 5 nitrogen and oxygen atoms in total. The normalized spacial score (nSPS) is 11.9. The molecule has 0 bridgehead atoms. The van der Waals surface area contributed by atoms with Gasteiger partial charge in [0.2, 0.25) is 11.9 Å². The largest absolute Gasteiger partial charge is 0.368 e. The number of halogens is 1. The number of benzene rings is 2. The molecule has 1 aromatic heterocycles. The van der Waals surface area contributed by atoms with E-state index in [0.717, 1.165) is 22.0 Å². The first kappa shape index (κ1) is 17.5. The Labute approximate surface area is 156 Å². The van der Waals surface area contributed by atoms with Crippen molar-refractivity contribution in [2.24, 2.45) is 0 Å². The van der Waals surface area contributed by atoms with E-state index in [1.165, 1.54) is 0 Å². The molecule has 0 spiro atoms. The predicted molar refractivity (Wildman–Crippen MR) is 105 cm³/mol. The zero-order chi connectivity index (χ0) is 17.6. The second-order valence-electron chi connectivity index (χ2n) is 5.45. The van der Waals surface area contributed by atoms with Crippen LogP contribution in [0.25, 0.3) is 0 Å². The number of anilines is 3. The SMILES string of the molecule is C[C@@H](SCc1cccc(Cl)c1)c1nc(N)nc(Nc2ccccc2)n1. The summed E-state index contributed by atoms with van der Waals surface area (Å²) in [7, 11) is 0. The second-order valence-corrected chi connectivity index (χ2v) is 7.22. The fourth-order valence-corrected chi connectivity index (χ4v) is 3.31. The summed E-state index contributed by atoms with van der Waals surface area (Å²) < 4.78 is 0. The molecule has 0 unspecified atom stereocenters. The van der Waals surface area contributed by atoms with Gasteiger partial charge in [0.25, 0.3) is 0 Å². The third-order valence-corrected chi connectivity index (χ3v) is 4.90. The fraction of sp³-hybridized carbons (Fsp3) is 0.167. The molecule has 0 saturated heterocycles. The number of rotatable bonds is 6. The van der Waals surface area contributed by atoms with Crippen LogP contribution >= 0.6 is 23.4 Å². The van der Waals surface area contributed by atoms with Crippen LogP contribution in [0.1, 0.15) is 23.6 Å². The Morgan fingerprint density at radius 2 is 1.88 bits per heavy atom. The first-order chi connectivity index (χ1) is 12.1. The van der Waals surface area contributed by atoms with Crippen molar-refractivity contribution in [3.8, 4) is 0 Å². The molecule has 128 valence electrons. The summed E-state index contributed by atoms with van der Waals surface area (Å²) in [6, 6.07) is 17.6. The fourth-order valence-electron chi connectivity index (χ4n) is 2.22. The van der Waals surface area contributed by atoms with E-state index in [1.54, 1.807) is 11.8 Å². The molecule has 2 aromatic carbocycles. The Morgan fingerprint density at radius 3 is 2.64 bits per heavy atom. The summed E-state index contributed by atoms with van der Waals surface area (Å²) in [5.74, 6) is 2.12. The van der Waals surface area contributed by atoms with E-state index < -0.39 is 0 Å². The van der Waals surface area contributed by atoms with Crippen molar-refractivity contribution in [1.29, 1.82) is 0 Å². The molecule has 1 heterocycles. The minimum atomic E-state index is 0.0700. The van der Waals surface area contributed by atoms with Crippen LogP contribution in [-0.2, 0) is 5.75 Å². The number of nitrogens with two attached hydrogens (primary N) is 1. The first-order valence-corrected chi connectivity index (χ1v) is 9.22. The molecule has 0 saturated carbocycles. The third kappa shape index (κ3) is 5.08. The van der Waals surface area contributed by atoms with Crippen molar-refractivity contribution in [1.82, 2.24) is 15.0 Å². The molecule has 0 aliphatic rings. The van der Waals surface area contributed by atoms with Crippen molar-refractivity contribution in [3.05, 3.63) is 71.0 Å². The molecule has 1 atom stereocenters. The Morgan fingerprint density at radius 1 is 1.08 bits per heavy atom. The lowest BCUT2D eigenvalue weighted by Gasteiger charge is -2.12. The van der Waals surface area contributed by atoms with Crippen LogP contribution < -0.4 is 11.1 Å². The molecule has 3 aromatic rings. The first-order valence-electron chi connectivity index (χ1n) is 7.80. The summed E-state index contributed by atoms with van der Waals surface area (Å²) in [5.41, 5.74) is 7.91. The number of hydrogen-bond donors (Lipinski definition) is 2. The number of para-hydroxylation sites is 1. The van der Waals surface area contributed by atoms with Gasteiger partial charge in [0.15, 0.2) is 0 Å². The Hall–Kier alpha value is -2.31. The zero-order valence-electron chi connectivity index (χ0n) is 13.7. The summed E-state index contributed by atoms with van der Waals surface area (Å²) in [4.78, 5) is 12.9. The lowest BCUT2D eigenvalue weighted by molar-refractivity contribution is 0.896. The highest BCUT2D eigenvalue weighted by Gasteiger charge is 2.13. The van der Waals surface area contributed by atoms with Crippen LogP contribution in [0.15, 0.2) is 54.6 Å². The molecule has 0 radical (unpaired) electrons. The van der Waals surface area contributed by atoms with Gasteiger partial charge in [-0.2, -0.15) is 15.0 Å². The zero-order valence-corrected chi connectivity index (χ0v) is 15.3. The molecule has 3 rings (SSSR count). The lowest BCUT2D eigenvalue weighted by Crippen LogP contribution is -2.08. The maximum Gasteiger partial charge on any atom is 0.232 e. The maximum absolute atomic E-state index is 6.03. The van der Waals surface area contributed by atoms with Crippen LogP contribution in [0, 0.1) is 0 Å². The maximum atomic E-state index is 6.03. The predicted octanol–water partition coefficient (Wildman–Crippen LogP) is 4.85. The molecule has 0 fully saturated rings. The van der Waals surface area contributed by atoms with E-state index in [4.69, 9.17) is 17.3 Å². The van der Waals surface area contributed by atoms with Gasteiger partial charge < -0.3 is 11.1 Å². The summed E-state index contributed by atoms with van der Waals surface area (Å²) in [6.07, 6.45) is 0. The number of nitrogens with zero attached hydrogens (tertiary/aromatic N) is 3. The lowest BCUT2D eigenvalue weighted by atomic mass is 10.2. The molecule has 0 aliphatic carbocycles. The quantitative estimate of drug-likeness (QED) is 0.645. The van der Waals surface area contributed by atoms with Crippen LogP contribution in [0.3, 0.4) is 0 Å². The van der Waals surface area contributed by atoms with Crippen LogP contribution in [-0.4, -0.2) is 15.0 Å². The number of aromatic nitrogens is 3. The summed E-state index contributed by atoms with van der Waals surface area (Å²) in [5, 5.41) is 3.96. The van der Waals surface area contributed by atoms with Gasteiger partial charge in [-0.25, -0.2) is 0 Å². The van der Waals surface area contributed by atoms with E-state index in [9.17, 15) is 0 Å². The standard InChI is InChI=1S/C18H18ClN5S/c1-12(25-11-13-6-5-7-14(19)10-13)16-22-17(20)24-18(23-16)21-15-8-3-2-4-9-15/h2-10,12H,11H2,1H3,(H3,20,21,22,23,24)/t12-/m1/s1. The average Bonchev–Trinajstić information content (AvgIpc) is 2.60. The van der Waals surface area contributed by atoms with Gasteiger partial charge in [0.05, 0.1) is 5.25 Å². The molecular weight excluding hydrogens is 354 g/mol. The number of thioether (sulfide) groups is 1. The van der Waals surface area contributed by atoms with Gasteiger partial charge >= 0.3 is 0 Å². The Bertz CT molecular complexity index is 844. The molecule has 25 heavy (non-hydrogen) atoms.